The van der Waals surface area contributed by atoms with Gasteiger partial charge in [-0.1, -0.05) is 12.1 Å². The average Bonchev–Trinajstić information content (AvgIpc) is 2.71. The Morgan fingerprint density at radius 2 is 1.90 bits per heavy atom. The van der Waals surface area contributed by atoms with Crippen molar-refractivity contribution >= 4 is 21.8 Å². The van der Waals surface area contributed by atoms with E-state index >= 15 is 0 Å². The van der Waals surface area contributed by atoms with Crippen molar-refractivity contribution in [2.45, 2.75) is 13.0 Å². The third kappa shape index (κ3) is 3.50. The number of fused-ring (bicyclic) bond motifs is 2. The number of allylic oxidation sites excluding steroid dienone is 1. The van der Waals surface area contributed by atoms with Crippen LogP contribution in [0, 0.1) is 5.92 Å². The Morgan fingerprint density at radius 3 is 2.59 bits per heavy atom. The van der Waals surface area contributed by atoms with E-state index in [1.807, 2.05) is 18.2 Å². The largest absolute Gasteiger partial charge is 0.493 e. The molecule has 1 amide bonds. The lowest BCUT2D eigenvalue weighted by Crippen LogP contribution is -2.40. The highest BCUT2D eigenvalue weighted by atomic mass is 32.2. The molecule has 2 heterocycles. The number of amides is 1. The Morgan fingerprint density at radius 1 is 1.14 bits per heavy atom. The van der Waals surface area contributed by atoms with Crippen LogP contribution in [-0.4, -0.2) is 39.4 Å². The summed E-state index contributed by atoms with van der Waals surface area (Å²) in [4.78, 5) is 12.3. The summed E-state index contributed by atoms with van der Waals surface area (Å²) in [5.74, 6) is -0.0591. The second-order valence-corrected chi connectivity index (χ2v) is 8.43. The summed E-state index contributed by atoms with van der Waals surface area (Å²) in [7, 11) is -0.742. The van der Waals surface area contributed by atoms with Crippen molar-refractivity contribution in [1.29, 1.82) is 0 Å². The maximum absolute atomic E-state index is 12.3. The van der Waals surface area contributed by atoms with E-state index in [4.69, 9.17) is 14.6 Å². The molecule has 0 saturated heterocycles. The molecule has 9 nitrogen and oxygen atoms in total. The summed E-state index contributed by atoms with van der Waals surface area (Å²) in [6.07, 6.45) is 3.97. The zero-order valence-corrected chi connectivity index (χ0v) is 16.8. The molecule has 10 heteroatoms. The molecule has 1 aliphatic carbocycles. The zero-order valence-electron chi connectivity index (χ0n) is 16.0. The van der Waals surface area contributed by atoms with Crippen molar-refractivity contribution in [2.75, 3.05) is 20.8 Å². The van der Waals surface area contributed by atoms with E-state index in [2.05, 4.69) is 10.2 Å². The molecule has 29 heavy (non-hydrogen) atoms. The highest BCUT2D eigenvalue weighted by Crippen LogP contribution is 2.38. The molecule has 1 atom stereocenters. The number of nitrogens with zero attached hydrogens (tertiary/aromatic N) is 3. The number of rotatable bonds is 4. The monoisotopic (exact) mass is 416 g/mol. The molecule has 4 rings (SSSR count). The van der Waals surface area contributed by atoms with Crippen molar-refractivity contribution in [2.24, 2.45) is 21.3 Å². The molecule has 0 fully saturated rings. The Bertz CT molecular complexity index is 1120. The van der Waals surface area contributed by atoms with E-state index in [-0.39, 0.29) is 12.5 Å². The first-order valence-corrected chi connectivity index (χ1v) is 10.4. The fourth-order valence-electron chi connectivity index (χ4n) is 3.71. The summed E-state index contributed by atoms with van der Waals surface area (Å²) in [6, 6.07) is 5.71. The van der Waals surface area contributed by atoms with Crippen LogP contribution in [0.1, 0.15) is 16.7 Å². The van der Waals surface area contributed by atoms with Gasteiger partial charge in [0.2, 0.25) is 0 Å². The van der Waals surface area contributed by atoms with Crippen LogP contribution in [0.3, 0.4) is 0 Å². The molecule has 0 saturated carbocycles. The number of carbonyl (C=O) groups is 1. The molecule has 3 aliphatic rings. The third-order valence-electron chi connectivity index (χ3n) is 5.23. The van der Waals surface area contributed by atoms with Crippen molar-refractivity contribution in [1.82, 2.24) is 4.31 Å². The van der Waals surface area contributed by atoms with Crippen molar-refractivity contribution in [3.63, 3.8) is 0 Å². The minimum absolute atomic E-state index is 0.191. The van der Waals surface area contributed by atoms with Gasteiger partial charge in [0, 0.05) is 24.2 Å². The predicted molar refractivity (Wildman–Crippen MR) is 104 cm³/mol. The number of hydrogen-bond acceptors (Lipinski definition) is 6. The molecule has 0 bridgehead atoms. The number of carbonyl (C=O) groups excluding carboxylic acids is 1. The van der Waals surface area contributed by atoms with Gasteiger partial charge in [0.15, 0.2) is 11.5 Å². The first-order valence-electron chi connectivity index (χ1n) is 8.93. The Kier molecular flexibility index (Phi) is 4.85. The summed E-state index contributed by atoms with van der Waals surface area (Å²) in [5.41, 5.74) is 3.82. The first kappa shape index (κ1) is 19.5. The second-order valence-electron chi connectivity index (χ2n) is 6.88. The van der Waals surface area contributed by atoms with Crippen molar-refractivity contribution in [3.05, 3.63) is 64.1 Å². The highest BCUT2D eigenvalue weighted by Gasteiger charge is 2.33. The average molecular weight is 416 g/mol. The van der Waals surface area contributed by atoms with Gasteiger partial charge in [0.25, 0.3) is 16.1 Å². The Hall–Kier alpha value is -2.82. The standard InChI is InChI=1S/C19H20N4O5S/c1-27-16-8-14-15(9-17(16)28-2)19(24)22-21-18(14)12-4-3-11-5-6-23(29(20,25)26)10-13(11)7-12/h3-4,7-9,15H,5-6,10H2,1-2H3,(H2,20,25,26). The van der Waals surface area contributed by atoms with Crippen LogP contribution in [0.15, 0.2) is 57.7 Å². The SMILES string of the molecule is COC1=CC2=C(c3ccc4c(c3)CN(S(N)(=O)=O)CC4)N=NC(=O)C2C=C1OC. The fourth-order valence-corrected chi connectivity index (χ4v) is 4.38. The minimum Gasteiger partial charge on any atom is -0.493 e. The summed E-state index contributed by atoms with van der Waals surface area (Å²) in [5, 5.41) is 13.2. The van der Waals surface area contributed by atoms with Crippen molar-refractivity contribution < 1.29 is 22.7 Å². The normalized spacial score (nSPS) is 21.9. The van der Waals surface area contributed by atoms with E-state index in [9.17, 15) is 13.2 Å². The molecule has 1 unspecified atom stereocenters. The zero-order chi connectivity index (χ0) is 20.8. The van der Waals surface area contributed by atoms with Gasteiger partial charge in [0.1, 0.15) is 0 Å². The molecule has 1 aromatic carbocycles. The van der Waals surface area contributed by atoms with E-state index < -0.39 is 16.1 Å². The molecule has 0 radical (unpaired) electrons. The highest BCUT2D eigenvalue weighted by molar-refractivity contribution is 7.86. The van der Waals surface area contributed by atoms with Gasteiger partial charge < -0.3 is 9.47 Å². The van der Waals surface area contributed by atoms with Gasteiger partial charge in [-0.3, -0.25) is 4.79 Å². The molecule has 0 spiro atoms. The lowest BCUT2D eigenvalue weighted by atomic mass is 9.87. The van der Waals surface area contributed by atoms with E-state index in [1.165, 1.54) is 18.5 Å². The topological polar surface area (TPSA) is 124 Å². The van der Waals surface area contributed by atoms with E-state index in [0.717, 1.165) is 16.7 Å². The fraction of sp³-hybridized carbons (Fsp3) is 0.316. The van der Waals surface area contributed by atoms with Crippen LogP contribution in [0.25, 0.3) is 5.70 Å². The van der Waals surface area contributed by atoms with Crippen molar-refractivity contribution in [3.8, 4) is 0 Å². The number of azo groups is 1. The molecule has 1 aromatic rings. The maximum Gasteiger partial charge on any atom is 0.277 e. The smallest absolute Gasteiger partial charge is 0.277 e. The molecular weight excluding hydrogens is 396 g/mol. The number of ether oxygens (including phenoxy) is 2. The third-order valence-corrected chi connectivity index (χ3v) is 6.26. The van der Waals surface area contributed by atoms with Gasteiger partial charge in [-0.05, 0) is 35.8 Å². The maximum atomic E-state index is 12.3. The van der Waals surface area contributed by atoms with Crippen LogP contribution in [0.4, 0.5) is 0 Å². The van der Waals surface area contributed by atoms with E-state index in [0.29, 0.717) is 35.8 Å². The quantitative estimate of drug-likeness (QED) is 0.799. The lowest BCUT2D eigenvalue weighted by molar-refractivity contribution is -0.120. The van der Waals surface area contributed by atoms with Crippen LogP contribution >= 0.6 is 0 Å². The molecule has 152 valence electrons. The summed E-state index contributed by atoms with van der Waals surface area (Å²) in [6.45, 7) is 0.539. The van der Waals surface area contributed by atoms with Crippen LogP contribution in [0.2, 0.25) is 0 Å². The number of nitrogens with two attached hydrogens (primary N) is 1. The van der Waals surface area contributed by atoms with Gasteiger partial charge in [-0.15, -0.1) is 10.2 Å². The molecular formula is C19H20N4O5S. The number of methoxy groups -OCH3 is 2. The predicted octanol–water partition coefficient (Wildman–Crippen LogP) is 1.64. The number of hydrogen-bond donors (Lipinski definition) is 1. The first-order chi connectivity index (χ1) is 13.8. The van der Waals surface area contributed by atoms with Crippen LogP contribution < -0.4 is 5.14 Å². The second kappa shape index (κ2) is 7.21. The lowest BCUT2D eigenvalue weighted by Gasteiger charge is -2.27. The Labute approximate surface area is 168 Å². The van der Waals surface area contributed by atoms with Crippen LogP contribution in [0.5, 0.6) is 0 Å². The van der Waals surface area contributed by atoms with Gasteiger partial charge in [-0.25, -0.2) is 5.14 Å². The summed E-state index contributed by atoms with van der Waals surface area (Å²) >= 11 is 0. The Balaban J connectivity index is 1.79. The van der Waals surface area contributed by atoms with Crippen LogP contribution in [-0.2, 0) is 37.4 Å². The van der Waals surface area contributed by atoms with Gasteiger partial charge in [0.05, 0.1) is 25.8 Å². The molecule has 0 aromatic heterocycles. The van der Waals surface area contributed by atoms with Gasteiger partial charge >= 0.3 is 0 Å². The minimum atomic E-state index is -3.77. The van der Waals surface area contributed by atoms with Gasteiger partial charge in [-0.2, -0.15) is 12.7 Å². The van der Waals surface area contributed by atoms with E-state index in [1.54, 1.807) is 12.2 Å². The number of benzene rings is 1. The molecule has 2 N–H and O–H groups in total. The summed E-state index contributed by atoms with van der Waals surface area (Å²) < 4.78 is 35.3. The molecule has 2 aliphatic heterocycles.